The third-order valence-electron chi connectivity index (χ3n) is 6.24. The number of aliphatic hydroxyl groups excluding tert-OH is 1. The van der Waals surface area contributed by atoms with Crippen LogP contribution in [0.2, 0.25) is 0 Å². The Morgan fingerprint density at radius 3 is 2.70 bits per heavy atom. The Bertz CT molecular complexity index is 704. The average molecular weight is 439 g/mol. The summed E-state index contributed by atoms with van der Waals surface area (Å²) >= 11 is 6.71. The predicted molar refractivity (Wildman–Crippen MR) is 119 cm³/mol. The van der Waals surface area contributed by atoms with Gasteiger partial charge in [-0.3, -0.25) is 0 Å². The zero-order valence-electron chi connectivity index (χ0n) is 18.2. The molecule has 2 saturated heterocycles. The highest BCUT2D eigenvalue weighted by atomic mass is 35.5. The number of nitrogens with one attached hydrogen (secondary N) is 1. The van der Waals surface area contributed by atoms with Crippen LogP contribution in [-0.2, 0) is 11.3 Å². The number of hydrogen-bond donors (Lipinski definition) is 2. The van der Waals surface area contributed by atoms with Gasteiger partial charge in [-0.2, -0.15) is 0 Å². The van der Waals surface area contributed by atoms with Crippen molar-refractivity contribution in [2.24, 2.45) is 10.6 Å². The van der Waals surface area contributed by atoms with Gasteiger partial charge in [0.05, 0.1) is 7.11 Å². The fourth-order valence-electron chi connectivity index (χ4n) is 4.36. The average Bonchev–Trinajstić information content (AvgIpc) is 2.76. The van der Waals surface area contributed by atoms with E-state index < -0.39 is 6.10 Å². The number of methoxy groups -OCH3 is 1. The van der Waals surface area contributed by atoms with Crippen molar-refractivity contribution in [2.45, 2.75) is 51.6 Å². The molecule has 0 radical (unpaired) electrons. The number of aryl methyl sites for hydroxylation is 1. The standard InChI is InChI=1S/C22H35ClN4O3/c1-17-18(6-7-20(25-17)29-2)14-22(8-10-24-11-9-22)21(23)26-30-16-19(28)15-27-12-4-3-5-13-27/h6-7,19,24,28H,3-5,8-16H2,1-2H3/b26-21-. The van der Waals surface area contributed by atoms with Crippen LogP contribution < -0.4 is 10.1 Å². The van der Waals surface area contributed by atoms with Gasteiger partial charge < -0.3 is 24.9 Å². The minimum atomic E-state index is -0.562. The molecule has 0 bridgehead atoms. The van der Waals surface area contributed by atoms with Crippen molar-refractivity contribution in [3.8, 4) is 5.88 Å². The molecule has 0 saturated carbocycles. The Morgan fingerprint density at radius 1 is 1.30 bits per heavy atom. The van der Waals surface area contributed by atoms with Gasteiger partial charge in [0.2, 0.25) is 5.88 Å². The van der Waals surface area contributed by atoms with Gasteiger partial charge in [0.1, 0.15) is 12.7 Å². The van der Waals surface area contributed by atoms with Crippen molar-refractivity contribution >= 4 is 16.8 Å². The van der Waals surface area contributed by atoms with Crippen LogP contribution in [0.25, 0.3) is 0 Å². The summed E-state index contributed by atoms with van der Waals surface area (Å²) in [4.78, 5) is 12.3. The van der Waals surface area contributed by atoms with Crippen LogP contribution in [0.4, 0.5) is 0 Å². The van der Waals surface area contributed by atoms with Gasteiger partial charge in [0.15, 0.2) is 5.17 Å². The second kappa shape index (κ2) is 11.3. The zero-order chi connectivity index (χ0) is 21.4. The van der Waals surface area contributed by atoms with Gasteiger partial charge >= 0.3 is 0 Å². The topological polar surface area (TPSA) is 79.2 Å². The maximum Gasteiger partial charge on any atom is 0.213 e. The molecule has 1 aromatic heterocycles. The fourth-order valence-corrected chi connectivity index (χ4v) is 4.67. The molecule has 0 aliphatic carbocycles. The minimum Gasteiger partial charge on any atom is -0.481 e. The van der Waals surface area contributed by atoms with E-state index in [2.05, 4.69) is 26.4 Å². The number of pyridine rings is 1. The van der Waals surface area contributed by atoms with E-state index in [-0.39, 0.29) is 12.0 Å². The number of likely N-dealkylation sites (tertiary alicyclic amines) is 1. The van der Waals surface area contributed by atoms with E-state index in [0.29, 0.717) is 17.6 Å². The van der Waals surface area contributed by atoms with E-state index >= 15 is 0 Å². The maximum absolute atomic E-state index is 10.3. The molecule has 2 fully saturated rings. The van der Waals surface area contributed by atoms with E-state index in [0.717, 1.165) is 56.7 Å². The lowest BCUT2D eigenvalue weighted by molar-refractivity contribution is 0.0149. The number of oxime groups is 1. The molecule has 7 nitrogen and oxygen atoms in total. The van der Waals surface area contributed by atoms with Crippen molar-refractivity contribution in [3.05, 3.63) is 23.4 Å². The molecular formula is C22H35ClN4O3. The van der Waals surface area contributed by atoms with Crippen LogP contribution in [-0.4, -0.2) is 72.7 Å². The third kappa shape index (κ3) is 6.30. The highest BCUT2D eigenvalue weighted by molar-refractivity contribution is 6.66. The Balaban J connectivity index is 1.62. The van der Waals surface area contributed by atoms with Gasteiger partial charge in [-0.1, -0.05) is 29.2 Å². The zero-order valence-corrected chi connectivity index (χ0v) is 19.0. The molecule has 0 amide bonds. The first-order chi connectivity index (χ1) is 14.5. The highest BCUT2D eigenvalue weighted by Crippen LogP contribution is 2.37. The number of aromatic nitrogens is 1. The van der Waals surface area contributed by atoms with Crippen molar-refractivity contribution in [1.82, 2.24) is 15.2 Å². The molecule has 168 valence electrons. The molecule has 1 atom stereocenters. The van der Waals surface area contributed by atoms with Crippen molar-refractivity contribution < 1.29 is 14.7 Å². The number of halogens is 1. The number of piperidine rings is 2. The highest BCUT2D eigenvalue weighted by Gasteiger charge is 2.38. The molecule has 3 heterocycles. The summed E-state index contributed by atoms with van der Waals surface area (Å²) < 4.78 is 5.22. The molecule has 8 heteroatoms. The Labute approximate surface area is 184 Å². The normalized spacial score (nSPS) is 21.3. The first-order valence-corrected chi connectivity index (χ1v) is 11.4. The third-order valence-corrected chi connectivity index (χ3v) is 6.71. The first kappa shape index (κ1) is 23.3. The number of aliphatic hydroxyl groups is 1. The number of nitrogens with zero attached hydrogens (tertiary/aromatic N) is 3. The summed E-state index contributed by atoms with van der Waals surface area (Å²) in [5.41, 5.74) is 1.79. The largest absolute Gasteiger partial charge is 0.481 e. The number of hydrogen-bond acceptors (Lipinski definition) is 7. The maximum atomic E-state index is 10.3. The smallest absolute Gasteiger partial charge is 0.213 e. The van der Waals surface area contributed by atoms with Gasteiger partial charge in [-0.05, 0) is 70.8 Å². The molecule has 3 rings (SSSR count). The SMILES string of the molecule is COc1ccc(CC2(/C(Cl)=N/OCC(O)CN3CCCCC3)CCNCC2)c(C)n1. The van der Waals surface area contributed by atoms with Crippen molar-refractivity contribution in [3.63, 3.8) is 0 Å². The summed E-state index contributed by atoms with van der Waals surface area (Å²) in [6, 6.07) is 3.94. The van der Waals surface area contributed by atoms with Crippen LogP contribution in [0.15, 0.2) is 17.3 Å². The van der Waals surface area contributed by atoms with Gasteiger partial charge in [-0.25, -0.2) is 4.98 Å². The second-order valence-corrected chi connectivity index (χ2v) is 8.86. The molecule has 0 spiro atoms. The van der Waals surface area contributed by atoms with Crippen LogP contribution in [0, 0.1) is 12.3 Å². The Kier molecular flexibility index (Phi) is 8.74. The monoisotopic (exact) mass is 438 g/mol. The van der Waals surface area contributed by atoms with Crippen LogP contribution >= 0.6 is 11.6 Å². The van der Waals surface area contributed by atoms with E-state index in [9.17, 15) is 5.11 Å². The van der Waals surface area contributed by atoms with Gasteiger partial charge in [0, 0.05) is 23.7 Å². The number of β-amino-alcohol motifs (C(OH)–C–C–N with tert-alkyl or cyclic N) is 1. The van der Waals surface area contributed by atoms with Crippen molar-refractivity contribution in [2.75, 3.05) is 46.4 Å². The van der Waals surface area contributed by atoms with E-state index in [1.807, 2.05) is 13.0 Å². The first-order valence-electron chi connectivity index (χ1n) is 11.0. The van der Waals surface area contributed by atoms with Crippen molar-refractivity contribution in [1.29, 1.82) is 0 Å². The van der Waals surface area contributed by atoms with E-state index in [1.165, 1.54) is 19.3 Å². The lowest BCUT2D eigenvalue weighted by Crippen LogP contribution is -2.42. The van der Waals surface area contributed by atoms with Gasteiger partial charge in [-0.15, -0.1) is 0 Å². The van der Waals surface area contributed by atoms with E-state index in [4.69, 9.17) is 21.2 Å². The van der Waals surface area contributed by atoms with Crippen LogP contribution in [0.1, 0.15) is 43.4 Å². The lowest BCUT2D eigenvalue weighted by Gasteiger charge is -2.36. The molecule has 2 aliphatic heterocycles. The summed E-state index contributed by atoms with van der Waals surface area (Å²) in [6.07, 6.45) is 5.62. The summed E-state index contributed by atoms with van der Waals surface area (Å²) in [6.45, 7) is 6.63. The lowest BCUT2D eigenvalue weighted by atomic mass is 9.75. The van der Waals surface area contributed by atoms with Crippen LogP contribution in [0.3, 0.4) is 0 Å². The number of rotatable bonds is 9. The van der Waals surface area contributed by atoms with Gasteiger partial charge in [0.25, 0.3) is 0 Å². The molecule has 0 aromatic carbocycles. The molecule has 2 N–H and O–H groups in total. The molecule has 2 aliphatic rings. The quantitative estimate of drug-likeness (QED) is 0.456. The Hall–Kier alpha value is -1.41. The molecule has 1 aromatic rings. The van der Waals surface area contributed by atoms with E-state index in [1.54, 1.807) is 7.11 Å². The second-order valence-electron chi connectivity index (χ2n) is 8.50. The predicted octanol–water partition coefficient (Wildman–Crippen LogP) is 2.73. The molecular weight excluding hydrogens is 404 g/mol. The fraction of sp³-hybridized carbons (Fsp3) is 0.727. The Morgan fingerprint density at radius 2 is 2.03 bits per heavy atom. The molecule has 1 unspecified atom stereocenters. The summed E-state index contributed by atoms with van der Waals surface area (Å²) in [7, 11) is 1.62. The minimum absolute atomic E-state index is 0.157. The summed E-state index contributed by atoms with van der Waals surface area (Å²) in [5.74, 6) is 0.612. The molecule has 30 heavy (non-hydrogen) atoms. The van der Waals surface area contributed by atoms with Crippen LogP contribution in [0.5, 0.6) is 5.88 Å². The number of ether oxygens (including phenoxy) is 1. The summed E-state index contributed by atoms with van der Waals surface area (Å²) in [5, 5.41) is 18.4.